The van der Waals surface area contributed by atoms with Gasteiger partial charge in [0, 0.05) is 12.6 Å². The second kappa shape index (κ2) is 5.37. The van der Waals surface area contributed by atoms with Gasteiger partial charge in [0.1, 0.15) is 5.75 Å². The molecule has 0 saturated heterocycles. The van der Waals surface area contributed by atoms with Crippen LogP contribution < -0.4 is 10.1 Å². The van der Waals surface area contributed by atoms with Gasteiger partial charge in [0.05, 0.1) is 7.11 Å². The van der Waals surface area contributed by atoms with E-state index < -0.39 is 0 Å². The summed E-state index contributed by atoms with van der Waals surface area (Å²) in [5, 5.41) is 3.57. The molecule has 0 fully saturated rings. The van der Waals surface area contributed by atoms with Crippen LogP contribution in [-0.2, 0) is 6.42 Å². The molecule has 1 aromatic rings. The second-order valence-corrected chi connectivity index (χ2v) is 4.85. The van der Waals surface area contributed by atoms with Crippen molar-refractivity contribution in [2.75, 3.05) is 13.7 Å². The Hall–Kier alpha value is -1.28. The van der Waals surface area contributed by atoms with Gasteiger partial charge in [-0.3, -0.25) is 0 Å². The van der Waals surface area contributed by atoms with Crippen LogP contribution in [0.25, 0.3) is 0 Å². The van der Waals surface area contributed by atoms with Gasteiger partial charge in [-0.2, -0.15) is 0 Å². The van der Waals surface area contributed by atoms with Crippen LogP contribution in [0.4, 0.5) is 0 Å². The first-order valence-corrected chi connectivity index (χ1v) is 6.25. The predicted molar refractivity (Wildman–Crippen MR) is 71.5 cm³/mol. The number of nitrogens with one attached hydrogen (secondary N) is 1. The Bertz CT molecular complexity index is 411. The summed E-state index contributed by atoms with van der Waals surface area (Å²) in [4.78, 5) is 0. The molecule has 0 saturated carbocycles. The summed E-state index contributed by atoms with van der Waals surface area (Å²) in [6, 6.07) is 6.87. The van der Waals surface area contributed by atoms with Gasteiger partial charge < -0.3 is 10.1 Å². The standard InChI is InChI=1S/C15H21NO/c1-11(2)10-16-15-6-4-5-12-7-8-13(17-3)9-14(12)15/h7-9,15-16H,1,4-6,10H2,2-3H3. The number of rotatable bonds is 4. The molecule has 0 amide bonds. The van der Waals surface area contributed by atoms with Gasteiger partial charge in [-0.25, -0.2) is 0 Å². The fraction of sp³-hybridized carbons (Fsp3) is 0.467. The molecule has 0 aromatic heterocycles. The Labute approximate surface area is 104 Å². The highest BCUT2D eigenvalue weighted by atomic mass is 16.5. The smallest absolute Gasteiger partial charge is 0.119 e. The fourth-order valence-corrected chi connectivity index (χ4v) is 2.41. The van der Waals surface area contributed by atoms with Crippen molar-refractivity contribution in [1.29, 1.82) is 0 Å². The van der Waals surface area contributed by atoms with Crippen molar-refractivity contribution >= 4 is 0 Å². The van der Waals surface area contributed by atoms with Crippen molar-refractivity contribution in [2.24, 2.45) is 0 Å². The van der Waals surface area contributed by atoms with E-state index in [1.165, 1.54) is 36.0 Å². The highest BCUT2D eigenvalue weighted by Crippen LogP contribution is 2.32. The largest absolute Gasteiger partial charge is 0.497 e. The number of methoxy groups -OCH3 is 1. The molecule has 1 unspecified atom stereocenters. The van der Waals surface area contributed by atoms with Gasteiger partial charge in [0.25, 0.3) is 0 Å². The lowest BCUT2D eigenvalue weighted by Gasteiger charge is -2.27. The van der Waals surface area contributed by atoms with Gasteiger partial charge in [0.15, 0.2) is 0 Å². The van der Waals surface area contributed by atoms with Gasteiger partial charge in [-0.15, -0.1) is 0 Å². The Kier molecular flexibility index (Phi) is 3.85. The molecular formula is C15H21NO. The monoisotopic (exact) mass is 231 g/mol. The van der Waals surface area contributed by atoms with E-state index in [4.69, 9.17) is 4.74 Å². The molecule has 0 bridgehead atoms. The maximum Gasteiger partial charge on any atom is 0.119 e. The summed E-state index contributed by atoms with van der Waals surface area (Å²) in [6.45, 7) is 6.89. The Morgan fingerprint density at radius 1 is 1.53 bits per heavy atom. The van der Waals surface area contributed by atoms with Crippen LogP contribution in [0.3, 0.4) is 0 Å². The third-order valence-corrected chi connectivity index (χ3v) is 3.32. The van der Waals surface area contributed by atoms with E-state index in [1.807, 2.05) is 0 Å². The van der Waals surface area contributed by atoms with Gasteiger partial charge in [-0.1, -0.05) is 18.2 Å². The summed E-state index contributed by atoms with van der Waals surface area (Å²) in [6.07, 6.45) is 3.64. The average molecular weight is 231 g/mol. The molecule has 1 atom stereocenters. The molecule has 1 aromatic carbocycles. The van der Waals surface area contributed by atoms with Crippen LogP contribution in [0.1, 0.15) is 36.9 Å². The van der Waals surface area contributed by atoms with Crippen molar-refractivity contribution in [1.82, 2.24) is 5.32 Å². The van der Waals surface area contributed by atoms with E-state index in [9.17, 15) is 0 Å². The molecule has 2 rings (SSSR count). The van der Waals surface area contributed by atoms with E-state index in [2.05, 4.69) is 37.0 Å². The van der Waals surface area contributed by atoms with Gasteiger partial charge in [0.2, 0.25) is 0 Å². The van der Waals surface area contributed by atoms with Gasteiger partial charge in [-0.05, 0) is 49.4 Å². The second-order valence-electron chi connectivity index (χ2n) is 4.85. The molecular weight excluding hydrogens is 210 g/mol. The number of ether oxygens (including phenoxy) is 1. The lowest BCUT2D eigenvalue weighted by atomic mass is 9.87. The molecule has 1 aliphatic rings. The third kappa shape index (κ3) is 2.89. The number of fused-ring (bicyclic) bond motifs is 1. The number of hydrogen-bond acceptors (Lipinski definition) is 2. The maximum atomic E-state index is 5.31. The molecule has 1 N–H and O–H groups in total. The zero-order valence-corrected chi connectivity index (χ0v) is 10.8. The van der Waals surface area contributed by atoms with Crippen molar-refractivity contribution in [3.63, 3.8) is 0 Å². The molecule has 0 radical (unpaired) electrons. The molecule has 1 aliphatic carbocycles. The number of benzene rings is 1. The van der Waals surface area contributed by atoms with Crippen molar-refractivity contribution < 1.29 is 4.74 Å². The Morgan fingerprint density at radius 2 is 2.35 bits per heavy atom. The van der Waals surface area contributed by atoms with Crippen LogP contribution in [-0.4, -0.2) is 13.7 Å². The normalized spacial score (nSPS) is 18.6. The SMILES string of the molecule is C=C(C)CNC1CCCc2ccc(OC)cc21. The van der Waals surface area contributed by atoms with Crippen LogP contribution in [0.2, 0.25) is 0 Å². The fourth-order valence-electron chi connectivity index (χ4n) is 2.41. The van der Waals surface area contributed by atoms with E-state index in [0.29, 0.717) is 6.04 Å². The molecule has 92 valence electrons. The molecule has 0 aliphatic heterocycles. The minimum Gasteiger partial charge on any atom is -0.497 e. The van der Waals surface area contributed by atoms with Crippen LogP contribution >= 0.6 is 0 Å². The summed E-state index contributed by atoms with van der Waals surface area (Å²) in [7, 11) is 1.72. The van der Waals surface area contributed by atoms with E-state index in [0.717, 1.165) is 12.3 Å². The number of aryl methyl sites for hydroxylation is 1. The molecule has 0 spiro atoms. The van der Waals surface area contributed by atoms with E-state index >= 15 is 0 Å². The lowest BCUT2D eigenvalue weighted by Crippen LogP contribution is -2.26. The first kappa shape index (κ1) is 12.2. The highest BCUT2D eigenvalue weighted by Gasteiger charge is 2.20. The summed E-state index contributed by atoms with van der Waals surface area (Å²) >= 11 is 0. The number of hydrogen-bond donors (Lipinski definition) is 1. The summed E-state index contributed by atoms with van der Waals surface area (Å²) in [5.41, 5.74) is 4.04. The Morgan fingerprint density at radius 3 is 3.06 bits per heavy atom. The first-order chi connectivity index (χ1) is 8.20. The lowest BCUT2D eigenvalue weighted by molar-refractivity contribution is 0.410. The topological polar surface area (TPSA) is 21.3 Å². The Balaban J connectivity index is 2.19. The zero-order valence-electron chi connectivity index (χ0n) is 10.8. The molecule has 17 heavy (non-hydrogen) atoms. The average Bonchev–Trinajstić information content (AvgIpc) is 2.35. The predicted octanol–water partition coefficient (Wildman–Crippen LogP) is 3.24. The van der Waals surface area contributed by atoms with Crippen molar-refractivity contribution in [3.05, 3.63) is 41.5 Å². The van der Waals surface area contributed by atoms with Crippen LogP contribution in [0, 0.1) is 0 Å². The van der Waals surface area contributed by atoms with E-state index in [-0.39, 0.29) is 0 Å². The first-order valence-electron chi connectivity index (χ1n) is 6.25. The van der Waals surface area contributed by atoms with Crippen LogP contribution in [0.15, 0.2) is 30.4 Å². The van der Waals surface area contributed by atoms with Crippen molar-refractivity contribution in [3.8, 4) is 5.75 Å². The minimum atomic E-state index is 0.450. The molecule has 0 heterocycles. The minimum absolute atomic E-state index is 0.450. The van der Waals surface area contributed by atoms with Crippen LogP contribution in [0.5, 0.6) is 5.75 Å². The highest BCUT2D eigenvalue weighted by molar-refractivity contribution is 5.39. The molecule has 2 nitrogen and oxygen atoms in total. The third-order valence-electron chi connectivity index (χ3n) is 3.32. The van der Waals surface area contributed by atoms with Crippen molar-refractivity contribution in [2.45, 2.75) is 32.2 Å². The summed E-state index contributed by atoms with van der Waals surface area (Å²) in [5.74, 6) is 0.952. The van der Waals surface area contributed by atoms with Gasteiger partial charge >= 0.3 is 0 Å². The summed E-state index contributed by atoms with van der Waals surface area (Å²) < 4.78 is 5.31. The van der Waals surface area contributed by atoms with E-state index in [1.54, 1.807) is 7.11 Å². The zero-order chi connectivity index (χ0) is 12.3. The maximum absolute atomic E-state index is 5.31. The molecule has 2 heteroatoms. The quantitative estimate of drug-likeness (QED) is 0.803.